The summed E-state index contributed by atoms with van der Waals surface area (Å²) in [6.45, 7) is 5.35. The fourth-order valence-electron chi connectivity index (χ4n) is 1.59. The maximum atomic E-state index is 11.6. The number of rotatable bonds is 6. The molecular weight excluding hydrogens is 270 g/mol. The number of sulfone groups is 1. The molecule has 0 aliphatic heterocycles. The molecule has 0 atom stereocenters. The molecule has 0 amide bonds. The molecule has 0 saturated carbocycles. The van der Waals surface area contributed by atoms with Crippen molar-refractivity contribution in [3.8, 4) is 0 Å². The van der Waals surface area contributed by atoms with Gasteiger partial charge in [-0.1, -0.05) is 6.92 Å². The minimum absolute atomic E-state index is 0.0346. The van der Waals surface area contributed by atoms with Crippen molar-refractivity contribution in [1.29, 1.82) is 0 Å². The van der Waals surface area contributed by atoms with E-state index in [-0.39, 0.29) is 36.2 Å². The van der Waals surface area contributed by atoms with Gasteiger partial charge in [0.15, 0.2) is 15.5 Å². The van der Waals surface area contributed by atoms with Crippen LogP contribution in [0.2, 0.25) is 0 Å². The summed E-state index contributed by atoms with van der Waals surface area (Å²) in [6, 6.07) is 0. The first-order chi connectivity index (χ1) is 8.82. The predicted molar refractivity (Wildman–Crippen MR) is 71.7 cm³/mol. The monoisotopic (exact) mass is 289 g/mol. The zero-order valence-corrected chi connectivity index (χ0v) is 12.2. The minimum atomic E-state index is -3.09. The van der Waals surface area contributed by atoms with E-state index in [0.29, 0.717) is 5.82 Å². The van der Waals surface area contributed by atoms with Crippen molar-refractivity contribution in [3.63, 3.8) is 0 Å². The first kappa shape index (κ1) is 15.5. The van der Waals surface area contributed by atoms with Gasteiger partial charge in [-0.05, 0) is 13.8 Å². The SMILES string of the molecule is CCOC(=O)c1nc(C)n(CCS(=O)(=O)CC)c1N. The second-order valence-corrected chi connectivity index (χ2v) is 6.47. The molecule has 1 heterocycles. The van der Waals surface area contributed by atoms with E-state index < -0.39 is 15.8 Å². The molecule has 0 fully saturated rings. The molecule has 19 heavy (non-hydrogen) atoms. The van der Waals surface area contributed by atoms with E-state index in [9.17, 15) is 13.2 Å². The molecule has 0 radical (unpaired) electrons. The molecule has 0 spiro atoms. The van der Waals surface area contributed by atoms with Crippen LogP contribution in [0.25, 0.3) is 0 Å². The van der Waals surface area contributed by atoms with Crippen molar-refractivity contribution >= 4 is 21.6 Å². The summed E-state index contributed by atoms with van der Waals surface area (Å²) in [6.07, 6.45) is 0. The Morgan fingerprint density at radius 2 is 2.05 bits per heavy atom. The fraction of sp³-hybridized carbons (Fsp3) is 0.636. The number of imidazole rings is 1. The molecule has 0 aromatic carbocycles. The van der Waals surface area contributed by atoms with Crippen LogP contribution >= 0.6 is 0 Å². The highest BCUT2D eigenvalue weighted by Gasteiger charge is 2.20. The Morgan fingerprint density at radius 1 is 1.42 bits per heavy atom. The molecule has 0 saturated heterocycles. The van der Waals surface area contributed by atoms with Gasteiger partial charge in [0, 0.05) is 12.3 Å². The van der Waals surface area contributed by atoms with Crippen LogP contribution < -0.4 is 5.73 Å². The lowest BCUT2D eigenvalue weighted by Gasteiger charge is -2.07. The van der Waals surface area contributed by atoms with Crippen LogP contribution in [-0.2, 0) is 21.1 Å². The molecule has 2 N–H and O–H groups in total. The first-order valence-electron chi connectivity index (χ1n) is 6.02. The van der Waals surface area contributed by atoms with Crippen LogP contribution in [0.15, 0.2) is 0 Å². The summed E-state index contributed by atoms with van der Waals surface area (Å²) in [7, 11) is -3.09. The third kappa shape index (κ3) is 3.69. The molecule has 0 aliphatic carbocycles. The molecule has 0 unspecified atom stereocenters. The van der Waals surface area contributed by atoms with Gasteiger partial charge in [0.1, 0.15) is 11.6 Å². The number of ether oxygens (including phenoxy) is 1. The van der Waals surface area contributed by atoms with Gasteiger partial charge in [-0.25, -0.2) is 18.2 Å². The lowest BCUT2D eigenvalue weighted by Crippen LogP contribution is -2.17. The molecule has 1 aromatic rings. The summed E-state index contributed by atoms with van der Waals surface area (Å²) in [5.41, 5.74) is 5.85. The Bertz CT molecular complexity index is 563. The number of nitrogens with two attached hydrogens (primary N) is 1. The van der Waals surface area contributed by atoms with Crippen LogP contribution in [0.5, 0.6) is 0 Å². The normalized spacial score (nSPS) is 11.5. The van der Waals surface area contributed by atoms with Gasteiger partial charge in [0.25, 0.3) is 0 Å². The number of carbonyl (C=O) groups excluding carboxylic acids is 1. The lowest BCUT2D eigenvalue weighted by atomic mass is 10.4. The van der Waals surface area contributed by atoms with Crippen LogP contribution in [0.3, 0.4) is 0 Å². The molecule has 1 rings (SSSR count). The second-order valence-electron chi connectivity index (χ2n) is 4.00. The van der Waals surface area contributed by atoms with Gasteiger partial charge in [-0.15, -0.1) is 0 Å². The Labute approximate surface area is 112 Å². The maximum absolute atomic E-state index is 11.6. The van der Waals surface area contributed by atoms with Crippen LogP contribution in [-0.4, -0.2) is 42.1 Å². The van der Waals surface area contributed by atoms with Gasteiger partial charge in [-0.3, -0.25) is 0 Å². The van der Waals surface area contributed by atoms with Crippen molar-refractivity contribution < 1.29 is 17.9 Å². The highest BCUT2D eigenvalue weighted by atomic mass is 32.2. The Morgan fingerprint density at radius 3 is 2.58 bits per heavy atom. The number of carbonyl (C=O) groups is 1. The van der Waals surface area contributed by atoms with Crippen molar-refractivity contribution in [1.82, 2.24) is 9.55 Å². The zero-order valence-electron chi connectivity index (χ0n) is 11.3. The molecule has 0 aliphatic rings. The van der Waals surface area contributed by atoms with E-state index >= 15 is 0 Å². The van der Waals surface area contributed by atoms with E-state index in [1.54, 1.807) is 20.8 Å². The summed E-state index contributed by atoms with van der Waals surface area (Å²) < 4.78 is 29.3. The Kier molecular flexibility index (Phi) is 4.93. The average Bonchev–Trinajstić information content (AvgIpc) is 2.63. The maximum Gasteiger partial charge on any atom is 0.360 e. The lowest BCUT2D eigenvalue weighted by molar-refractivity contribution is 0.0521. The highest BCUT2D eigenvalue weighted by molar-refractivity contribution is 7.91. The number of aromatic nitrogens is 2. The summed E-state index contributed by atoms with van der Waals surface area (Å²) in [4.78, 5) is 15.6. The molecule has 8 heteroatoms. The molecule has 7 nitrogen and oxygen atoms in total. The van der Waals surface area contributed by atoms with Crippen molar-refractivity contribution in [3.05, 3.63) is 11.5 Å². The van der Waals surface area contributed by atoms with Crippen molar-refractivity contribution in [2.75, 3.05) is 23.8 Å². The number of hydrogen-bond donors (Lipinski definition) is 1. The fourth-order valence-corrected chi connectivity index (χ4v) is 2.34. The van der Waals surface area contributed by atoms with Gasteiger partial charge in [0.05, 0.1) is 12.4 Å². The smallest absolute Gasteiger partial charge is 0.360 e. The van der Waals surface area contributed by atoms with Gasteiger partial charge in [0.2, 0.25) is 0 Å². The molecule has 0 bridgehead atoms. The third-order valence-electron chi connectivity index (χ3n) is 2.73. The number of nitrogen functional groups attached to an aromatic ring is 1. The summed E-state index contributed by atoms with van der Waals surface area (Å²) in [5.74, 6) is 0.0766. The third-order valence-corrected chi connectivity index (χ3v) is 4.42. The van der Waals surface area contributed by atoms with Crippen LogP contribution in [0.4, 0.5) is 5.82 Å². The Balaban J connectivity index is 2.95. The van der Waals surface area contributed by atoms with E-state index in [4.69, 9.17) is 10.5 Å². The van der Waals surface area contributed by atoms with E-state index in [1.807, 2.05) is 0 Å². The van der Waals surface area contributed by atoms with Crippen LogP contribution in [0, 0.1) is 6.92 Å². The number of nitrogens with zero attached hydrogens (tertiary/aromatic N) is 2. The summed E-state index contributed by atoms with van der Waals surface area (Å²) >= 11 is 0. The Hall–Kier alpha value is -1.57. The number of aryl methyl sites for hydroxylation is 1. The number of anilines is 1. The highest BCUT2D eigenvalue weighted by Crippen LogP contribution is 2.15. The largest absolute Gasteiger partial charge is 0.461 e. The van der Waals surface area contributed by atoms with Gasteiger partial charge >= 0.3 is 5.97 Å². The van der Waals surface area contributed by atoms with Crippen LogP contribution in [0.1, 0.15) is 30.2 Å². The number of hydrogen-bond acceptors (Lipinski definition) is 6. The van der Waals surface area contributed by atoms with Crippen molar-refractivity contribution in [2.24, 2.45) is 0 Å². The van der Waals surface area contributed by atoms with E-state index in [1.165, 1.54) is 4.57 Å². The summed E-state index contributed by atoms with van der Waals surface area (Å²) in [5, 5.41) is 0. The van der Waals surface area contributed by atoms with E-state index in [2.05, 4.69) is 4.98 Å². The topological polar surface area (TPSA) is 104 Å². The quantitative estimate of drug-likeness (QED) is 0.759. The standard InChI is InChI=1S/C11H19N3O4S/c1-4-18-11(15)9-10(12)14(8(3)13-9)6-7-19(16,17)5-2/h4-7,12H2,1-3H3. The van der Waals surface area contributed by atoms with Gasteiger partial charge in [-0.2, -0.15) is 0 Å². The first-order valence-corrected chi connectivity index (χ1v) is 7.84. The molecular formula is C11H19N3O4S. The van der Waals surface area contributed by atoms with Crippen molar-refractivity contribution in [2.45, 2.75) is 27.3 Å². The average molecular weight is 289 g/mol. The zero-order chi connectivity index (χ0) is 14.6. The molecule has 108 valence electrons. The van der Waals surface area contributed by atoms with E-state index in [0.717, 1.165) is 0 Å². The predicted octanol–water partition coefficient (Wildman–Crippen LogP) is 0.385. The number of esters is 1. The minimum Gasteiger partial charge on any atom is -0.461 e. The molecule has 1 aromatic heterocycles. The van der Waals surface area contributed by atoms with Gasteiger partial charge < -0.3 is 15.0 Å². The second kappa shape index (κ2) is 6.05.